The number of hydrogen-bond acceptors (Lipinski definition) is 12. The van der Waals surface area contributed by atoms with E-state index in [1.165, 1.54) is 55.8 Å². The number of phenols is 1. The molecule has 1 aromatic heterocycles. The first-order chi connectivity index (χ1) is 30.2. The van der Waals surface area contributed by atoms with Gasteiger partial charge in [-0.15, -0.1) is 0 Å². The Balaban J connectivity index is 0.988. The van der Waals surface area contributed by atoms with E-state index >= 15 is 0 Å². The average Bonchev–Trinajstić information content (AvgIpc) is 3.27. The average molecular weight is 869 g/mol. The quantitative estimate of drug-likeness (QED) is 0.0365. The molecule has 0 saturated heterocycles. The molecular formula is C47H44N6O9S. The smallest absolute Gasteiger partial charge is 0.262 e. The molecule has 2 heterocycles. The number of carbonyl (C=O) groups excluding carboxylic acids is 3. The number of benzene rings is 5. The first kappa shape index (κ1) is 43.6. The van der Waals surface area contributed by atoms with E-state index in [1.54, 1.807) is 55.5 Å². The van der Waals surface area contributed by atoms with E-state index < -0.39 is 27.8 Å². The molecule has 1 unspecified atom stereocenters. The maximum atomic E-state index is 14.2. The molecule has 0 radical (unpaired) electrons. The fourth-order valence-electron chi connectivity index (χ4n) is 7.04. The van der Waals surface area contributed by atoms with Crippen molar-refractivity contribution in [3.63, 3.8) is 0 Å². The molecular weight excluding hydrogens is 825 g/mol. The predicted molar refractivity (Wildman–Crippen MR) is 238 cm³/mol. The van der Waals surface area contributed by atoms with E-state index in [1.807, 2.05) is 6.92 Å². The minimum atomic E-state index is -4.19. The molecule has 322 valence electrons. The van der Waals surface area contributed by atoms with Crippen LogP contribution in [-0.2, 0) is 14.6 Å². The van der Waals surface area contributed by atoms with Crippen molar-refractivity contribution < 1.29 is 42.5 Å². The molecule has 3 amide bonds. The number of pyridine rings is 1. The number of amides is 3. The van der Waals surface area contributed by atoms with Crippen molar-refractivity contribution in [2.45, 2.75) is 42.6 Å². The van der Waals surface area contributed by atoms with Gasteiger partial charge in [-0.05, 0) is 111 Å². The lowest BCUT2D eigenvalue weighted by Gasteiger charge is -2.23. The first-order valence-electron chi connectivity index (χ1n) is 19.8. The fraction of sp³-hybridized carbons (Fsp3) is 0.191. The number of aliphatic hydroxyl groups is 1. The number of primary amides is 1. The summed E-state index contributed by atoms with van der Waals surface area (Å²) in [5.74, 6) is 5.34. The van der Waals surface area contributed by atoms with Gasteiger partial charge in [0.2, 0.25) is 9.84 Å². The van der Waals surface area contributed by atoms with Gasteiger partial charge in [-0.1, -0.05) is 24.0 Å². The van der Waals surface area contributed by atoms with Crippen LogP contribution in [0.15, 0.2) is 107 Å². The van der Waals surface area contributed by atoms with Crippen molar-refractivity contribution in [3.8, 4) is 29.1 Å². The molecule has 0 fully saturated rings. The van der Waals surface area contributed by atoms with Crippen LogP contribution in [0.2, 0.25) is 0 Å². The summed E-state index contributed by atoms with van der Waals surface area (Å²) in [4.78, 5) is 41.9. The van der Waals surface area contributed by atoms with Crippen LogP contribution >= 0.6 is 0 Å². The minimum absolute atomic E-state index is 0.0635. The number of aryl methyl sites for hydroxylation is 2. The zero-order valence-corrected chi connectivity index (χ0v) is 35.4. The van der Waals surface area contributed by atoms with Gasteiger partial charge in [-0.3, -0.25) is 19.4 Å². The third kappa shape index (κ3) is 9.71. The number of unbranched alkanes of at least 4 members (excludes halogenated alkanes) is 1. The lowest BCUT2D eigenvalue weighted by Crippen LogP contribution is -2.28. The summed E-state index contributed by atoms with van der Waals surface area (Å²) in [6.45, 7) is 4.20. The van der Waals surface area contributed by atoms with Crippen LogP contribution in [0.4, 0.5) is 22.7 Å². The molecule has 15 nitrogen and oxygen atoms in total. The number of aromatic nitrogens is 1. The van der Waals surface area contributed by atoms with E-state index in [0.29, 0.717) is 58.5 Å². The van der Waals surface area contributed by atoms with Crippen LogP contribution in [0.25, 0.3) is 10.9 Å². The number of hydrogen-bond donors (Lipinski definition) is 7. The highest BCUT2D eigenvalue weighted by molar-refractivity contribution is 7.91. The van der Waals surface area contributed by atoms with Crippen molar-refractivity contribution in [1.29, 1.82) is 0 Å². The lowest BCUT2D eigenvalue weighted by atomic mass is 10.0. The van der Waals surface area contributed by atoms with Gasteiger partial charge in [0, 0.05) is 58.7 Å². The molecule has 63 heavy (non-hydrogen) atoms. The number of fused-ring (bicyclic) bond motifs is 2. The molecule has 6 aromatic rings. The molecule has 16 heteroatoms. The highest BCUT2D eigenvalue weighted by Gasteiger charge is 2.26. The third-order valence-corrected chi connectivity index (χ3v) is 12.0. The number of nitrogens with one attached hydrogen (secondary N) is 4. The standard InChI is InChI=1S/C47H44N6O9S/c1-27-19-32(15-14-29(27)9-5-4-6-18-49-25-40(55)36-16-17-39(54)44-45(36)62-26-41(56)53-44)52-47(58)30-10-7-13-34(21-30)63(59,60)35-20-28(2)42-37(23-35)43(38(24-50-42)46(48)57)51-31-11-8-12-33(22-31)61-3/h7-8,10-17,19-24,40,49,54-55H,4,6,18,25-26H2,1-3H3,(H2,48,57)(H,50,51)(H,52,58)(H,53,56). The molecule has 1 aliphatic rings. The molecule has 1 atom stereocenters. The van der Waals surface area contributed by atoms with Crippen molar-refractivity contribution in [1.82, 2.24) is 10.3 Å². The number of methoxy groups -OCH3 is 1. The van der Waals surface area contributed by atoms with Crippen LogP contribution in [0.5, 0.6) is 17.2 Å². The van der Waals surface area contributed by atoms with E-state index in [0.717, 1.165) is 11.1 Å². The summed E-state index contributed by atoms with van der Waals surface area (Å²) in [5.41, 5.74) is 10.5. The molecule has 0 saturated carbocycles. The Bertz CT molecular complexity index is 2960. The zero-order chi connectivity index (χ0) is 44.8. The number of phenolic OH excluding ortho intramolecular Hbond substituents is 1. The van der Waals surface area contributed by atoms with Gasteiger partial charge in [-0.25, -0.2) is 8.42 Å². The maximum absolute atomic E-state index is 14.2. The van der Waals surface area contributed by atoms with Crippen molar-refractivity contribution >= 4 is 61.2 Å². The number of sulfone groups is 1. The van der Waals surface area contributed by atoms with Crippen LogP contribution in [0.3, 0.4) is 0 Å². The van der Waals surface area contributed by atoms with Gasteiger partial charge in [0.1, 0.15) is 17.2 Å². The number of ether oxygens (including phenoxy) is 2. The third-order valence-electron chi connectivity index (χ3n) is 10.3. The van der Waals surface area contributed by atoms with Gasteiger partial charge in [0.15, 0.2) is 12.4 Å². The number of carbonyl (C=O) groups is 3. The zero-order valence-electron chi connectivity index (χ0n) is 34.5. The summed E-state index contributed by atoms with van der Waals surface area (Å²) in [7, 11) is -2.66. The second-order valence-corrected chi connectivity index (χ2v) is 16.7. The second-order valence-electron chi connectivity index (χ2n) is 14.8. The second kappa shape index (κ2) is 18.7. The topological polar surface area (TPSA) is 231 Å². The Labute approximate surface area is 363 Å². The Morgan fingerprint density at radius 3 is 2.57 bits per heavy atom. The summed E-state index contributed by atoms with van der Waals surface area (Å²) in [6.07, 6.45) is 1.71. The summed E-state index contributed by atoms with van der Waals surface area (Å²) in [6, 6.07) is 24.0. The number of anilines is 4. The Hall–Kier alpha value is -7.45. The molecule has 0 bridgehead atoms. The molecule has 1 aliphatic heterocycles. The SMILES string of the molecule is COc1cccc(Nc2c(C(N)=O)cnc3c(C)cc(S(=O)(=O)c4cccc(C(=O)Nc5ccc(C#CCCCNCC(O)c6ccc(O)c7c6OCC(=O)N7)c(C)c5)c4)cc23)c1. The Morgan fingerprint density at radius 1 is 0.984 bits per heavy atom. The largest absolute Gasteiger partial charge is 0.506 e. The number of aliphatic hydroxyl groups excluding tert-OH is 1. The summed E-state index contributed by atoms with van der Waals surface area (Å²) >= 11 is 0. The van der Waals surface area contributed by atoms with Gasteiger partial charge >= 0.3 is 0 Å². The van der Waals surface area contributed by atoms with Crippen LogP contribution in [-0.4, -0.2) is 68.1 Å². The molecule has 8 N–H and O–H groups in total. The van der Waals surface area contributed by atoms with Crippen LogP contribution in [0.1, 0.15) is 61.9 Å². The summed E-state index contributed by atoms with van der Waals surface area (Å²) in [5, 5.41) is 32.9. The van der Waals surface area contributed by atoms with E-state index in [9.17, 15) is 33.0 Å². The Kier molecular flexibility index (Phi) is 12.9. The predicted octanol–water partition coefficient (Wildman–Crippen LogP) is 6.28. The van der Waals surface area contributed by atoms with Crippen LogP contribution in [0, 0.1) is 25.7 Å². The number of rotatable bonds is 14. The molecule has 5 aromatic carbocycles. The fourth-order valence-corrected chi connectivity index (χ4v) is 8.46. The Morgan fingerprint density at radius 2 is 1.79 bits per heavy atom. The van der Waals surface area contributed by atoms with Crippen molar-refractivity contribution in [2.75, 3.05) is 42.8 Å². The van der Waals surface area contributed by atoms with Crippen molar-refractivity contribution in [3.05, 3.63) is 131 Å². The van der Waals surface area contributed by atoms with Gasteiger partial charge in [-0.2, -0.15) is 0 Å². The van der Waals surface area contributed by atoms with E-state index in [-0.39, 0.29) is 62.9 Å². The summed E-state index contributed by atoms with van der Waals surface area (Å²) < 4.78 is 39.2. The highest BCUT2D eigenvalue weighted by atomic mass is 32.2. The van der Waals surface area contributed by atoms with Crippen molar-refractivity contribution in [2.24, 2.45) is 5.73 Å². The van der Waals surface area contributed by atoms with Gasteiger partial charge in [0.05, 0.1) is 39.8 Å². The van der Waals surface area contributed by atoms with E-state index in [4.69, 9.17) is 15.2 Å². The van der Waals surface area contributed by atoms with Crippen LogP contribution < -0.4 is 36.5 Å². The monoisotopic (exact) mass is 868 g/mol. The number of aromatic hydroxyl groups is 1. The molecule has 0 aliphatic carbocycles. The number of nitrogens with zero attached hydrogens (tertiary/aromatic N) is 1. The minimum Gasteiger partial charge on any atom is -0.506 e. The normalized spacial score (nSPS) is 12.5. The molecule has 7 rings (SSSR count). The maximum Gasteiger partial charge on any atom is 0.262 e. The lowest BCUT2D eigenvalue weighted by molar-refractivity contribution is -0.118. The first-order valence-corrected chi connectivity index (χ1v) is 21.3. The van der Waals surface area contributed by atoms with Gasteiger partial charge in [0.25, 0.3) is 17.7 Å². The highest BCUT2D eigenvalue weighted by Crippen LogP contribution is 2.41. The van der Waals surface area contributed by atoms with E-state index in [2.05, 4.69) is 38.1 Å². The molecule has 0 spiro atoms. The van der Waals surface area contributed by atoms with Gasteiger partial charge < -0.3 is 46.7 Å². The number of nitrogens with two attached hydrogens (primary N) is 1.